The van der Waals surface area contributed by atoms with E-state index in [1.54, 1.807) is 18.2 Å². The second-order valence-corrected chi connectivity index (χ2v) is 2.92. The monoisotopic (exact) mass is 201 g/mol. The lowest BCUT2D eigenvalue weighted by Crippen LogP contribution is -1.96. The van der Waals surface area contributed by atoms with Crippen LogP contribution in [0.1, 0.15) is 17.5 Å². The number of rotatable bonds is 3. The molecule has 0 amide bonds. The topological polar surface area (TPSA) is 50.1 Å². The van der Waals surface area contributed by atoms with E-state index in [-0.39, 0.29) is 12.4 Å². The van der Waals surface area contributed by atoms with Crippen LogP contribution in [0.25, 0.3) is 6.08 Å². The third-order valence-corrected chi connectivity index (χ3v) is 1.86. The molecule has 76 valence electrons. The van der Waals surface area contributed by atoms with Crippen LogP contribution < -0.4 is 0 Å². The summed E-state index contributed by atoms with van der Waals surface area (Å²) in [6.07, 6.45) is 3.81. The average Bonchev–Trinajstić information content (AvgIpc) is 2.29. The lowest BCUT2D eigenvalue weighted by molar-refractivity contribution is -0.139. The Labute approximate surface area is 88.6 Å². The van der Waals surface area contributed by atoms with Crippen LogP contribution in [-0.4, -0.2) is 13.1 Å². The van der Waals surface area contributed by atoms with Gasteiger partial charge >= 0.3 is 5.97 Å². The molecule has 0 fully saturated rings. The lowest BCUT2D eigenvalue weighted by atomic mass is 10.1. The van der Waals surface area contributed by atoms with Gasteiger partial charge in [0.05, 0.1) is 25.2 Å². The van der Waals surface area contributed by atoms with Gasteiger partial charge in [-0.25, -0.2) is 0 Å². The van der Waals surface area contributed by atoms with Crippen molar-refractivity contribution in [3.05, 3.63) is 41.5 Å². The molecular formula is C12H11NO2. The van der Waals surface area contributed by atoms with Gasteiger partial charge in [-0.2, -0.15) is 5.26 Å². The second-order valence-electron chi connectivity index (χ2n) is 2.92. The van der Waals surface area contributed by atoms with Gasteiger partial charge in [0.1, 0.15) is 0 Å². The van der Waals surface area contributed by atoms with Crippen LogP contribution in [0, 0.1) is 11.3 Å². The summed E-state index contributed by atoms with van der Waals surface area (Å²) < 4.78 is 4.49. The fourth-order valence-corrected chi connectivity index (χ4v) is 1.04. The number of ether oxygens (including phenoxy) is 1. The van der Waals surface area contributed by atoms with E-state index in [0.29, 0.717) is 5.56 Å². The molecule has 0 saturated carbocycles. The van der Waals surface area contributed by atoms with Crippen molar-refractivity contribution in [2.24, 2.45) is 0 Å². The molecule has 0 heterocycles. The van der Waals surface area contributed by atoms with E-state index in [1.165, 1.54) is 7.11 Å². The zero-order valence-electron chi connectivity index (χ0n) is 8.43. The molecule has 0 aliphatic rings. The minimum Gasteiger partial charge on any atom is -0.469 e. The number of carbonyl (C=O) groups is 1. The van der Waals surface area contributed by atoms with E-state index in [0.717, 1.165) is 5.56 Å². The Hall–Kier alpha value is -2.08. The summed E-state index contributed by atoms with van der Waals surface area (Å²) in [4.78, 5) is 10.8. The van der Waals surface area contributed by atoms with Crippen molar-refractivity contribution in [2.45, 2.75) is 6.42 Å². The van der Waals surface area contributed by atoms with Gasteiger partial charge in [0.25, 0.3) is 0 Å². The first-order valence-corrected chi connectivity index (χ1v) is 4.50. The molecule has 1 aromatic carbocycles. The van der Waals surface area contributed by atoms with Crippen LogP contribution in [0.2, 0.25) is 0 Å². The fourth-order valence-electron chi connectivity index (χ4n) is 1.04. The third kappa shape index (κ3) is 3.65. The van der Waals surface area contributed by atoms with Gasteiger partial charge in [0.15, 0.2) is 0 Å². The van der Waals surface area contributed by atoms with Gasteiger partial charge < -0.3 is 4.74 Å². The summed E-state index contributed by atoms with van der Waals surface area (Å²) in [7, 11) is 1.36. The summed E-state index contributed by atoms with van der Waals surface area (Å²) in [6.45, 7) is 0. The highest BCUT2D eigenvalue weighted by Gasteiger charge is 1.94. The number of hydrogen-bond donors (Lipinski definition) is 0. The molecule has 1 aromatic rings. The van der Waals surface area contributed by atoms with E-state index >= 15 is 0 Å². The maximum absolute atomic E-state index is 10.8. The molecular weight excluding hydrogens is 190 g/mol. The first kappa shape index (κ1) is 11.0. The van der Waals surface area contributed by atoms with Gasteiger partial charge in [-0.1, -0.05) is 24.3 Å². The number of benzene rings is 1. The van der Waals surface area contributed by atoms with Gasteiger partial charge in [-0.05, 0) is 17.7 Å². The summed E-state index contributed by atoms with van der Waals surface area (Å²) in [5.74, 6) is -0.264. The Morgan fingerprint density at radius 2 is 2.13 bits per heavy atom. The second kappa shape index (κ2) is 5.61. The van der Waals surface area contributed by atoms with Crippen LogP contribution in [0.5, 0.6) is 0 Å². The molecule has 0 aliphatic carbocycles. The van der Waals surface area contributed by atoms with Crippen LogP contribution in [0.4, 0.5) is 0 Å². The van der Waals surface area contributed by atoms with Crippen LogP contribution in [-0.2, 0) is 9.53 Å². The Morgan fingerprint density at radius 3 is 2.67 bits per heavy atom. The Balaban J connectivity index is 2.58. The smallest absolute Gasteiger partial charge is 0.309 e. The van der Waals surface area contributed by atoms with E-state index in [1.807, 2.05) is 24.3 Å². The number of esters is 1. The summed E-state index contributed by atoms with van der Waals surface area (Å²) >= 11 is 0. The lowest BCUT2D eigenvalue weighted by Gasteiger charge is -1.94. The summed E-state index contributed by atoms with van der Waals surface area (Å²) in [6, 6.07) is 9.16. The zero-order chi connectivity index (χ0) is 11.1. The number of methoxy groups -OCH3 is 1. The normalized spacial score (nSPS) is 9.87. The first-order chi connectivity index (χ1) is 7.26. The van der Waals surface area contributed by atoms with Gasteiger partial charge in [0.2, 0.25) is 0 Å². The first-order valence-electron chi connectivity index (χ1n) is 4.50. The summed E-state index contributed by atoms with van der Waals surface area (Å²) in [5, 5.41) is 8.58. The Bertz CT molecular complexity index is 399. The molecule has 0 radical (unpaired) electrons. The molecule has 0 aromatic heterocycles. The molecule has 15 heavy (non-hydrogen) atoms. The van der Waals surface area contributed by atoms with Gasteiger partial charge in [-0.3, -0.25) is 4.79 Å². The van der Waals surface area contributed by atoms with Gasteiger partial charge in [0, 0.05) is 0 Å². The van der Waals surface area contributed by atoms with Crippen LogP contribution in [0.15, 0.2) is 30.3 Å². The highest BCUT2D eigenvalue weighted by molar-refractivity contribution is 5.72. The maximum Gasteiger partial charge on any atom is 0.309 e. The van der Waals surface area contributed by atoms with E-state index in [2.05, 4.69) is 4.74 Å². The van der Waals surface area contributed by atoms with Crippen molar-refractivity contribution in [3.63, 3.8) is 0 Å². The highest BCUT2D eigenvalue weighted by atomic mass is 16.5. The van der Waals surface area contributed by atoms with Crippen LogP contribution >= 0.6 is 0 Å². The zero-order valence-corrected chi connectivity index (χ0v) is 8.43. The number of hydrogen-bond acceptors (Lipinski definition) is 3. The molecule has 0 spiro atoms. The number of nitriles is 1. The molecule has 0 unspecified atom stereocenters. The van der Waals surface area contributed by atoms with Crippen molar-refractivity contribution >= 4 is 12.0 Å². The van der Waals surface area contributed by atoms with Gasteiger partial charge in [-0.15, -0.1) is 0 Å². The summed E-state index contributed by atoms with van der Waals surface area (Å²) in [5.41, 5.74) is 1.58. The molecule has 3 nitrogen and oxygen atoms in total. The van der Waals surface area contributed by atoms with E-state index in [9.17, 15) is 4.79 Å². The van der Waals surface area contributed by atoms with E-state index in [4.69, 9.17) is 5.26 Å². The largest absolute Gasteiger partial charge is 0.469 e. The highest BCUT2D eigenvalue weighted by Crippen LogP contribution is 2.05. The molecule has 0 bridgehead atoms. The predicted molar refractivity (Wildman–Crippen MR) is 56.8 cm³/mol. The third-order valence-electron chi connectivity index (χ3n) is 1.86. The fraction of sp³-hybridized carbons (Fsp3) is 0.167. The quantitative estimate of drug-likeness (QED) is 0.704. The standard InChI is InChI=1S/C12H11NO2/c1-15-12(14)4-2-3-10-5-7-11(9-13)8-6-10/h2-3,5-8H,4H2,1H3. The van der Waals surface area contributed by atoms with Crippen molar-refractivity contribution < 1.29 is 9.53 Å². The molecule has 0 saturated heterocycles. The number of carbonyl (C=O) groups excluding carboxylic acids is 1. The van der Waals surface area contributed by atoms with Crippen LogP contribution in [0.3, 0.4) is 0 Å². The Kier molecular flexibility index (Phi) is 4.11. The van der Waals surface area contributed by atoms with Crippen molar-refractivity contribution in [1.29, 1.82) is 5.26 Å². The van der Waals surface area contributed by atoms with Crippen molar-refractivity contribution in [1.82, 2.24) is 0 Å². The molecule has 0 N–H and O–H groups in total. The minimum absolute atomic E-state index is 0.260. The van der Waals surface area contributed by atoms with Crippen molar-refractivity contribution in [3.8, 4) is 6.07 Å². The molecule has 3 heteroatoms. The maximum atomic E-state index is 10.8. The van der Waals surface area contributed by atoms with Crippen molar-refractivity contribution in [2.75, 3.05) is 7.11 Å². The Morgan fingerprint density at radius 1 is 1.47 bits per heavy atom. The minimum atomic E-state index is -0.264. The molecule has 0 aliphatic heterocycles. The van der Waals surface area contributed by atoms with E-state index < -0.39 is 0 Å². The average molecular weight is 201 g/mol. The number of nitrogens with zero attached hydrogens (tertiary/aromatic N) is 1. The SMILES string of the molecule is COC(=O)CC=Cc1ccc(C#N)cc1. The predicted octanol–water partition coefficient (Wildman–Crippen LogP) is 2.13. The molecule has 0 atom stereocenters. The molecule has 1 rings (SSSR count).